The van der Waals surface area contributed by atoms with Gasteiger partial charge in [-0.2, -0.15) is 0 Å². The van der Waals surface area contributed by atoms with Crippen LogP contribution in [-0.2, 0) is 31.2 Å². The Kier molecular flexibility index (Phi) is 7.29. The molecule has 1 amide bonds. The number of thioether (sulfide) groups is 1. The number of nitrogens with zero attached hydrogens (tertiary/aromatic N) is 4. The average Bonchev–Trinajstić information content (AvgIpc) is 3.37. The number of carbonyl (C=O) groups is 1. The second kappa shape index (κ2) is 10.5. The summed E-state index contributed by atoms with van der Waals surface area (Å²) in [5.41, 5.74) is 3.09. The SMILES string of the molecule is Cn1cccc1Cc1nnc(SCC(=O)Nc2cccc(Cl)c2)n1CCc1ccccc1. The highest BCUT2D eigenvalue weighted by Gasteiger charge is 2.16. The van der Waals surface area contributed by atoms with E-state index in [1.807, 2.05) is 43.6 Å². The summed E-state index contributed by atoms with van der Waals surface area (Å²) in [4.78, 5) is 12.5. The molecule has 1 N–H and O–H groups in total. The van der Waals surface area contributed by atoms with Gasteiger partial charge in [0, 0.05) is 42.6 Å². The Morgan fingerprint density at radius 2 is 1.91 bits per heavy atom. The van der Waals surface area contributed by atoms with Crippen molar-refractivity contribution in [2.45, 2.75) is 24.5 Å². The summed E-state index contributed by atoms with van der Waals surface area (Å²) in [6.45, 7) is 0.745. The van der Waals surface area contributed by atoms with E-state index in [0.717, 1.165) is 29.6 Å². The number of hydrogen-bond acceptors (Lipinski definition) is 4. The Morgan fingerprint density at radius 3 is 2.66 bits per heavy atom. The Labute approximate surface area is 196 Å². The van der Waals surface area contributed by atoms with E-state index in [4.69, 9.17) is 11.6 Å². The fourth-order valence-corrected chi connectivity index (χ4v) is 4.38. The summed E-state index contributed by atoms with van der Waals surface area (Å²) >= 11 is 7.39. The number of halogens is 1. The molecule has 0 aliphatic heterocycles. The summed E-state index contributed by atoms with van der Waals surface area (Å²) in [6.07, 6.45) is 3.57. The molecule has 0 spiro atoms. The normalized spacial score (nSPS) is 10.9. The second-order valence-electron chi connectivity index (χ2n) is 7.42. The largest absolute Gasteiger partial charge is 0.354 e. The van der Waals surface area contributed by atoms with Crippen molar-refractivity contribution in [1.29, 1.82) is 0 Å². The zero-order valence-corrected chi connectivity index (χ0v) is 19.3. The van der Waals surface area contributed by atoms with E-state index in [9.17, 15) is 4.79 Å². The molecule has 8 heteroatoms. The van der Waals surface area contributed by atoms with Crippen LogP contribution in [0.4, 0.5) is 5.69 Å². The van der Waals surface area contributed by atoms with E-state index in [2.05, 4.69) is 42.8 Å². The molecule has 2 aromatic heterocycles. The van der Waals surface area contributed by atoms with Gasteiger partial charge in [0.25, 0.3) is 0 Å². The highest BCUT2D eigenvalue weighted by atomic mass is 35.5. The van der Waals surface area contributed by atoms with Crippen LogP contribution >= 0.6 is 23.4 Å². The summed E-state index contributed by atoms with van der Waals surface area (Å²) in [7, 11) is 2.02. The molecule has 0 unspecified atom stereocenters. The minimum Gasteiger partial charge on any atom is -0.354 e. The lowest BCUT2D eigenvalue weighted by molar-refractivity contribution is -0.113. The Morgan fingerprint density at radius 1 is 1.06 bits per heavy atom. The molecule has 0 atom stereocenters. The lowest BCUT2D eigenvalue weighted by Crippen LogP contribution is -2.15. The number of carbonyl (C=O) groups excluding carboxylic acids is 1. The number of benzene rings is 2. The number of amides is 1. The van der Waals surface area contributed by atoms with Crippen LogP contribution in [0.25, 0.3) is 0 Å². The molecule has 4 aromatic rings. The van der Waals surface area contributed by atoms with Crippen LogP contribution in [0.1, 0.15) is 17.1 Å². The third kappa shape index (κ3) is 5.81. The molecule has 164 valence electrons. The van der Waals surface area contributed by atoms with E-state index in [1.165, 1.54) is 17.3 Å². The zero-order valence-electron chi connectivity index (χ0n) is 17.7. The summed E-state index contributed by atoms with van der Waals surface area (Å²) in [6, 6.07) is 21.6. The van der Waals surface area contributed by atoms with Gasteiger partial charge in [0.15, 0.2) is 5.16 Å². The van der Waals surface area contributed by atoms with Gasteiger partial charge in [-0.25, -0.2) is 0 Å². The first-order valence-corrected chi connectivity index (χ1v) is 11.7. The van der Waals surface area contributed by atoms with E-state index < -0.39 is 0 Å². The Bertz CT molecular complexity index is 1190. The lowest BCUT2D eigenvalue weighted by Gasteiger charge is -2.11. The maximum atomic E-state index is 12.5. The highest BCUT2D eigenvalue weighted by molar-refractivity contribution is 7.99. The van der Waals surface area contributed by atoms with Gasteiger partial charge in [-0.3, -0.25) is 4.79 Å². The number of aryl methyl sites for hydroxylation is 2. The monoisotopic (exact) mass is 465 g/mol. The van der Waals surface area contributed by atoms with Gasteiger partial charge >= 0.3 is 0 Å². The van der Waals surface area contributed by atoms with E-state index in [0.29, 0.717) is 17.1 Å². The minimum atomic E-state index is -0.112. The molecule has 4 rings (SSSR count). The second-order valence-corrected chi connectivity index (χ2v) is 8.80. The Hall–Kier alpha value is -3.03. The number of hydrogen-bond donors (Lipinski definition) is 1. The fraction of sp³-hybridized carbons (Fsp3) is 0.208. The van der Waals surface area contributed by atoms with Gasteiger partial charge < -0.3 is 14.5 Å². The average molecular weight is 466 g/mol. The number of nitrogens with one attached hydrogen (secondary N) is 1. The molecule has 0 fully saturated rings. The minimum absolute atomic E-state index is 0.112. The van der Waals surface area contributed by atoms with E-state index in [-0.39, 0.29) is 11.7 Å². The van der Waals surface area contributed by atoms with Crippen molar-refractivity contribution in [1.82, 2.24) is 19.3 Å². The van der Waals surface area contributed by atoms with Gasteiger partial charge in [-0.1, -0.05) is 59.8 Å². The molecular weight excluding hydrogens is 442 g/mol. The van der Waals surface area contributed by atoms with Crippen LogP contribution in [0.15, 0.2) is 78.1 Å². The summed E-state index contributed by atoms with van der Waals surface area (Å²) in [5, 5.41) is 13.0. The maximum absolute atomic E-state index is 12.5. The van der Waals surface area contributed by atoms with Crippen molar-refractivity contribution in [3.05, 3.63) is 95.0 Å². The maximum Gasteiger partial charge on any atom is 0.234 e. The van der Waals surface area contributed by atoms with Crippen LogP contribution in [0.3, 0.4) is 0 Å². The molecular formula is C24H24ClN5OS. The quantitative estimate of drug-likeness (QED) is 0.359. The number of rotatable bonds is 9. The third-order valence-electron chi connectivity index (χ3n) is 5.09. The van der Waals surface area contributed by atoms with Gasteiger partial charge in [-0.05, 0) is 42.3 Å². The number of anilines is 1. The standard InChI is InChI=1S/C24H24ClN5OS/c1-29-13-6-11-21(29)16-22-27-28-24(30(22)14-12-18-7-3-2-4-8-18)32-17-23(31)26-20-10-5-9-19(25)15-20/h2-11,13,15H,12,14,16-17H2,1H3,(H,26,31). The lowest BCUT2D eigenvalue weighted by atomic mass is 10.1. The van der Waals surface area contributed by atoms with Crippen molar-refractivity contribution >= 4 is 35.0 Å². The Balaban J connectivity index is 1.47. The van der Waals surface area contributed by atoms with Crippen molar-refractivity contribution in [2.75, 3.05) is 11.1 Å². The molecule has 0 aliphatic carbocycles. The van der Waals surface area contributed by atoms with Crippen LogP contribution in [0.5, 0.6) is 0 Å². The van der Waals surface area contributed by atoms with E-state index >= 15 is 0 Å². The molecule has 0 radical (unpaired) electrons. The smallest absolute Gasteiger partial charge is 0.234 e. The van der Waals surface area contributed by atoms with Crippen LogP contribution in [-0.4, -0.2) is 31.0 Å². The predicted octanol–water partition coefficient (Wildman–Crippen LogP) is 4.83. The molecule has 0 bridgehead atoms. The molecule has 0 saturated carbocycles. The molecule has 0 aliphatic rings. The molecule has 0 saturated heterocycles. The number of aromatic nitrogens is 4. The fourth-order valence-electron chi connectivity index (χ4n) is 3.40. The molecule has 32 heavy (non-hydrogen) atoms. The van der Waals surface area contributed by atoms with Gasteiger partial charge in [0.1, 0.15) is 5.82 Å². The van der Waals surface area contributed by atoms with Crippen molar-refractivity contribution in [2.24, 2.45) is 7.05 Å². The first-order valence-electron chi connectivity index (χ1n) is 10.3. The van der Waals surface area contributed by atoms with Crippen molar-refractivity contribution < 1.29 is 4.79 Å². The predicted molar refractivity (Wildman–Crippen MR) is 129 cm³/mol. The molecule has 2 heterocycles. The van der Waals surface area contributed by atoms with Gasteiger partial charge in [-0.15, -0.1) is 10.2 Å². The summed E-state index contributed by atoms with van der Waals surface area (Å²) in [5.74, 6) is 1.01. The van der Waals surface area contributed by atoms with Gasteiger partial charge in [0.2, 0.25) is 5.91 Å². The molecule has 6 nitrogen and oxygen atoms in total. The topological polar surface area (TPSA) is 64.7 Å². The summed E-state index contributed by atoms with van der Waals surface area (Å²) < 4.78 is 4.21. The van der Waals surface area contributed by atoms with Crippen LogP contribution in [0, 0.1) is 0 Å². The van der Waals surface area contributed by atoms with Crippen LogP contribution in [0.2, 0.25) is 5.02 Å². The first-order chi connectivity index (χ1) is 15.6. The van der Waals surface area contributed by atoms with E-state index in [1.54, 1.807) is 18.2 Å². The van der Waals surface area contributed by atoms with Crippen molar-refractivity contribution in [3.8, 4) is 0 Å². The zero-order chi connectivity index (χ0) is 22.3. The van der Waals surface area contributed by atoms with Crippen molar-refractivity contribution in [3.63, 3.8) is 0 Å². The third-order valence-corrected chi connectivity index (χ3v) is 6.29. The first kappa shape index (κ1) is 22.2. The van der Waals surface area contributed by atoms with Crippen LogP contribution < -0.4 is 5.32 Å². The molecule has 2 aromatic carbocycles. The highest BCUT2D eigenvalue weighted by Crippen LogP contribution is 2.21. The van der Waals surface area contributed by atoms with Gasteiger partial charge in [0.05, 0.1) is 5.75 Å².